The molecule has 0 aromatic heterocycles. The first-order valence-corrected chi connectivity index (χ1v) is 43.9. The first-order valence-electron chi connectivity index (χ1n) is 40.9. The molecular formula is C79H154O17P2. The predicted octanol–water partition coefficient (Wildman–Crippen LogP) is 23.4. The van der Waals surface area contributed by atoms with E-state index < -0.39 is 97.5 Å². The van der Waals surface area contributed by atoms with Crippen LogP contribution in [0.25, 0.3) is 0 Å². The molecule has 0 rings (SSSR count). The second kappa shape index (κ2) is 69.4. The molecule has 0 aromatic carbocycles. The second-order valence-corrected chi connectivity index (χ2v) is 32.6. The maximum Gasteiger partial charge on any atom is 0.472 e. The summed E-state index contributed by atoms with van der Waals surface area (Å²) in [4.78, 5) is 73.0. The van der Waals surface area contributed by atoms with Crippen LogP contribution in [-0.2, 0) is 65.4 Å². The van der Waals surface area contributed by atoms with Crippen LogP contribution in [0.1, 0.15) is 408 Å². The van der Waals surface area contributed by atoms with Crippen molar-refractivity contribution in [1.29, 1.82) is 0 Å². The summed E-state index contributed by atoms with van der Waals surface area (Å²) in [5.41, 5.74) is 0. The van der Waals surface area contributed by atoms with Crippen molar-refractivity contribution >= 4 is 39.5 Å². The number of hydrogen-bond donors (Lipinski definition) is 3. The van der Waals surface area contributed by atoms with Gasteiger partial charge in [0.15, 0.2) is 12.2 Å². The lowest BCUT2D eigenvalue weighted by molar-refractivity contribution is -0.161. The molecule has 0 fully saturated rings. The van der Waals surface area contributed by atoms with Crippen molar-refractivity contribution in [2.75, 3.05) is 39.6 Å². The van der Waals surface area contributed by atoms with E-state index in [-0.39, 0.29) is 25.7 Å². The van der Waals surface area contributed by atoms with Crippen LogP contribution in [0.2, 0.25) is 0 Å². The highest BCUT2D eigenvalue weighted by atomic mass is 31.2. The third-order valence-electron chi connectivity index (χ3n) is 18.7. The molecule has 0 saturated carbocycles. The summed E-state index contributed by atoms with van der Waals surface area (Å²) < 4.78 is 68.7. The lowest BCUT2D eigenvalue weighted by Crippen LogP contribution is -2.30. The Morgan fingerprint density at radius 3 is 0.776 bits per heavy atom. The zero-order valence-electron chi connectivity index (χ0n) is 64.3. The van der Waals surface area contributed by atoms with Crippen molar-refractivity contribution in [2.24, 2.45) is 17.8 Å². The van der Waals surface area contributed by atoms with E-state index in [1.54, 1.807) is 0 Å². The van der Waals surface area contributed by atoms with Crippen LogP contribution in [0, 0.1) is 17.8 Å². The van der Waals surface area contributed by atoms with Crippen molar-refractivity contribution in [3.63, 3.8) is 0 Å². The van der Waals surface area contributed by atoms with Crippen LogP contribution >= 0.6 is 15.6 Å². The molecule has 0 aliphatic heterocycles. The maximum absolute atomic E-state index is 13.1. The summed E-state index contributed by atoms with van der Waals surface area (Å²) in [5, 5.41) is 10.6. The fourth-order valence-electron chi connectivity index (χ4n) is 12.1. The van der Waals surface area contributed by atoms with Gasteiger partial charge in [-0.25, -0.2) is 9.13 Å². The summed E-state index contributed by atoms with van der Waals surface area (Å²) in [6.45, 7) is 12.0. The maximum atomic E-state index is 13.1. The van der Waals surface area contributed by atoms with Gasteiger partial charge in [-0.3, -0.25) is 37.3 Å². The minimum absolute atomic E-state index is 0.106. The van der Waals surface area contributed by atoms with Gasteiger partial charge in [0.05, 0.1) is 26.4 Å². The molecule has 0 aromatic rings. The molecule has 0 aliphatic carbocycles. The van der Waals surface area contributed by atoms with Gasteiger partial charge in [0.1, 0.15) is 19.3 Å². The first-order chi connectivity index (χ1) is 47.3. The highest BCUT2D eigenvalue weighted by molar-refractivity contribution is 7.47. The van der Waals surface area contributed by atoms with Gasteiger partial charge in [-0.15, -0.1) is 0 Å². The summed E-state index contributed by atoms with van der Waals surface area (Å²) in [5.74, 6) is 0.232. The second-order valence-electron chi connectivity index (χ2n) is 29.6. The molecule has 6 atom stereocenters. The van der Waals surface area contributed by atoms with Crippen LogP contribution in [0.5, 0.6) is 0 Å². The molecule has 0 radical (unpaired) electrons. The predicted molar refractivity (Wildman–Crippen MR) is 400 cm³/mol. The largest absolute Gasteiger partial charge is 0.472 e. The van der Waals surface area contributed by atoms with Crippen LogP contribution in [0.4, 0.5) is 0 Å². The van der Waals surface area contributed by atoms with E-state index in [4.69, 9.17) is 37.0 Å². The van der Waals surface area contributed by atoms with E-state index in [9.17, 15) is 43.2 Å². The molecule has 0 saturated heterocycles. The Bertz CT molecular complexity index is 1910. The number of aliphatic hydroxyl groups is 1. The van der Waals surface area contributed by atoms with Crippen LogP contribution in [-0.4, -0.2) is 96.7 Å². The molecule has 3 N–H and O–H groups in total. The average molecular weight is 1440 g/mol. The number of phosphoric ester groups is 2. The lowest BCUT2D eigenvalue weighted by Gasteiger charge is -2.21. The quantitative estimate of drug-likeness (QED) is 0.0222. The Morgan fingerprint density at radius 2 is 0.520 bits per heavy atom. The number of rotatable bonds is 77. The zero-order valence-corrected chi connectivity index (χ0v) is 66.0. The van der Waals surface area contributed by atoms with Crippen LogP contribution in [0.3, 0.4) is 0 Å². The van der Waals surface area contributed by atoms with Crippen molar-refractivity contribution in [3.05, 3.63) is 0 Å². The topological polar surface area (TPSA) is 237 Å². The number of phosphoric acid groups is 2. The molecule has 0 spiro atoms. The van der Waals surface area contributed by atoms with E-state index in [0.29, 0.717) is 25.7 Å². The molecule has 98 heavy (non-hydrogen) atoms. The van der Waals surface area contributed by atoms with E-state index in [1.807, 2.05) is 0 Å². The van der Waals surface area contributed by atoms with Crippen molar-refractivity contribution in [3.8, 4) is 0 Å². The fraction of sp³-hybridized carbons (Fsp3) is 0.949. The molecule has 0 heterocycles. The number of unbranched alkanes of at least 4 members (excludes halogenated alkanes) is 44. The number of carbonyl (C=O) groups is 4. The van der Waals surface area contributed by atoms with E-state index in [2.05, 4.69) is 48.5 Å². The molecule has 3 unspecified atom stereocenters. The minimum atomic E-state index is -4.96. The molecular weight excluding hydrogens is 1280 g/mol. The highest BCUT2D eigenvalue weighted by Gasteiger charge is 2.30. The van der Waals surface area contributed by atoms with Crippen molar-refractivity contribution in [2.45, 2.75) is 426 Å². The van der Waals surface area contributed by atoms with E-state index >= 15 is 0 Å². The number of ether oxygens (including phenoxy) is 4. The summed E-state index contributed by atoms with van der Waals surface area (Å²) in [7, 11) is -9.92. The van der Waals surface area contributed by atoms with Gasteiger partial charge in [-0.1, -0.05) is 357 Å². The summed E-state index contributed by atoms with van der Waals surface area (Å²) in [6.07, 6.45) is 56.7. The number of esters is 4. The molecule has 0 aliphatic rings. The van der Waals surface area contributed by atoms with Gasteiger partial charge >= 0.3 is 39.5 Å². The highest BCUT2D eigenvalue weighted by Crippen LogP contribution is 2.45. The molecule has 582 valence electrons. The Hall–Kier alpha value is -1.94. The Kier molecular flexibility index (Phi) is 68.1. The average Bonchev–Trinajstić information content (AvgIpc) is 0.929. The monoisotopic (exact) mass is 1440 g/mol. The normalized spacial score (nSPS) is 14.3. The van der Waals surface area contributed by atoms with Gasteiger partial charge in [-0.05, 0) is 43.4 Å². The lowest BCUT2D eigenvalue weighted by atomic mass is 9.99. The van der Waals surface area contributed by atoms with Gasteiger partial charge in [0, 0.05) is 25.7 Å². The molecule has 19 heteroatoms. The van der Waals surface area contributed by atoms with Crippen molar-refractivity contribution < 1.29 is 80.2 Å². The molecule has 0 bridgehead atoms. The number of aliphatic hydroxyl groups excluding tert-OH is 1. The van der Waals surface area contributed by atoms with Gasteiger partial charge < -0.3 is 33.8 Å². The van der Waals surface area contributed by atoms with Gasteiger partial charge in [0.2, 0.25) is 0 Å². The fourth-order valence-corrected chi connectivity index (χ4v) is 13.7. The number of carbonyl (C=O) groups excluding carboxylic acids is 4. The summed E-state index contributed by atoms with van der Waals surface area (Å²) >= 11 is 0. The third-order valence-corrected chi connectivity index (χ3v) is 20.6. The van der Waals surface area contributed by atoms with Gasteiger partial charge in [-0.2, -0.15) is 0 Å². The van der Waals surface area contributed by atoms with Crippen LogP contribution in [0.15, 0.2) is 0 Å². The third kappa shape index (κ3) is 71.1. The van der Waals surface area contributed by atoms with Crippen molar-refractivity contribution in [1.82, 2.24) is 0 Å². The molecule has 0 amide bonds. The minimum Gasteiger partial charge on any atom is -0.462 e. The smallest absolute Gasteiger partial charge is 0.462 e. The number of hydrogen-bond acceptors (Lipinski definition) is 15. The van der Waals surface area contributed by atoms with Gasteiger partial charge in [0.25, 0.3) is 0 Å². The zero-order chi connectivity index (χ0) is 72.3. The summed E-state index contributed by atoms with van der Waals surface area (Å²) in [6, 6.07) is 0. The van der Waals surface area contributed by atoms with E-state index in [1.165, 1.54) is 218 Å². The SMILES string of the molecule is CCCCCCCCCCCCCCCCCCC(=O)O[C@H](COC(=O)CCCCCCCCCCCCCCC(C)C)COP(=O)(O)OC[C@@H](O)COP(=O)(O)OC[C@@H](COC(=O)CCCCCCCCCCCCC(C)C)OC(=O)CCCCCCCCCCCCC(C)CC. The standard InChI is InChI=1S/C79H154O17P2/c1-8-10-11-12-13-14-15-16-17-18-19-24-34-41-48-55-62-78(83)95-74(66-89-76(81)60-53-46-39-32-23-21-20-22-29-36-43-50-57-70(3)4)68-93-97(85,86)91-64-73(80)65-92-98(87,88)94-69-75(67-90-77(82)61-54-47-40-33-27-25-30-37-44-51-58-71(5)6)96-79(84)63-56-49-42-35-28-26-31-38-45-52-59-72(7)9-2/h70-75,80H,8-69H2,1-7H3,(H,85,86)(H,87,88)/t72?,73-,74-,75-/m1/s1. The molecule has 17 nitrogen and oxygen atoms in total. The Balaban J connectivity index is 5.28. The Morgan fingerprint density at radius 1 is 0.296 bits per heavy atom. The first kappa shape index (κ1) is 96.1. The van der Waals surface area contributed by atoms with E-state index in [0.717, 1.165) is 108 Å². The van der Waals surface area contributed by atoms with Crippen LogP contribution < -0.4 is 0 Å². The Labute approximate surface area is 600 Å².